The second-order valence-corrected chi connectivity index (χ2v) is 8.47. The summed E-state index contributed by atoms with van der Waals surface area (Å²) in [5, 5.41) is 2.76. The molecule has 0 radical (unpaired) electrons. The van der Waals surface area contributed by atoms with Crippen LogP contribution in [0, 0.1) is 11.8 Å². The van der Waals surface area contributed by atoms with Crippen LogP contribution in [-0.4, -0.2) is 17.7 Å². The van der Waals surface area contributed by atoms with Crippen LogP contribution in [-0.2, 0) is 14.4 Å². The van der Waals surface area contributed by atoms with Crippen molar-refractivity contribution in [2.75, 3.05) is 10.2 Å². The van der Waals surface area contributed by atoms with Crippen molar-refractivity contribution in [1.82, 2.24) is 0 Å². The van der Waals surface area contributed by atoms with Gasteiger partial charge >= 0.3 is 0 Å². The molecule has 2 unspecified atom stereocenters. The van der Waals surface area contributed by atoms with E-state index in [-0.39, 0.29) is 29.6 Å². The van der Waals surface area contributed by atoms with Crippen molar-refractivity contribution < 1.29 is 14.4 Å². The van der Waals surface area contributed by atoms with E-state index >= 15 is 0 Å². The normalized spacial score (nSPS) is 25.1. The van der Waals surface area contributed by atoms with Crippen molar-refractivity contribution in [2.45, 2.75) is 18.8 Å². The third-order valence-electron chi connectivity index (χ3n) is 6.90. The van der Waals surface area contributed by atoms with Crippen LogP contribution in [0.25, 0.3) is 0 Å². The summed E-state index contributed by atoms with van der Waals surface area (Å²) in [5.41, 5.74) is 5.49. The summed E-state index contributed by atoms with van der Waals surface area (Å²) in [6, 6.07) is 23.4. The molecule has 1 heterocycles. The Hall–Kier alpha value is -3.73. The van der Waals surface area contributed by atoms with Crippen LogP contribution in [0.3, 0.4) is 0 Å². The second-order valence-electron chi connectivity index (χ2n) is 8.47. The van der Waals surface area contributed by atoms with E-state index in [0.717, 1.165) is 22.3 Å². The zero-order chi connectivity index (χ0) is 21.3. The number of benzene rings is 3. The number of rotatable bonds is 2. The molecule has 1 aliphatic heterocycles. The monoisotopic (exact) mass is 408 g/mol. The van der Waals surface area contributed by atoms with Gasteiger partial charge in [-0.3, -0.25) is 14.4 Å². The van der Waals surface area contributed by atoms with Crippen LogP contribution in [0.2, 0.25) is 0 Å². The van der Waals surface area contributed by atoms with Gasteiger partial charge in [0.1, 0.15) is 0 Å². The van der Waals surface area contributed by atoms with Crippen LogP contribution in [0.5, 0.6) is 0 Å². The van der Waals surface area contributed by atoms with Crippen molar-refractivity contribution in [3.63, 3.8) is 0 Å². The Balaban J connectivity index is 1.54. The van der Waals surface area contributed by atoms with Gasteiger partial charge in [-0.2, -0.15) is 0 Å². The number of carbonyl (C=O) groups excluding carboxylic acids is 3. The zero-order valence-corrected chi connectivity index (χ0v) is 16.9. The number of anilines is 2. The van der Waals surface area contributed by atoms with Crippen LogP contribution in [0.1, 0.15) is 41.0 Å². The van der Waals surface area contributed by atoms with E-state index in [1.54, 1.807) is 24.3 Å². The Morgan fingerprint density at radius 2 is 1.13 bits per heavy atom. The predicted octanol–water partition coefficient (Wildman–Crippen LogP) is 4.04. The van der Waals surface area contributed by atoms with Gasteiger partial charge in [-0.15, -0.1) is 0 Å². The third kappa shape index (κ3) is 2.34. The van der Waals surface area contributed by atoms with Crippen molar-refractivity contribution in [2.24, 2.45) is 11.8 Å². The van der Waals surface area contributed by atoms with Crippen LogP contribution < -0.4 is 10.2 Å². The van der Waals surface area contributed by atoms with Gasteiger partial charge in [-0.05, 0) is 34.4 Å². The van der Waals surface area contributed by atoms with Gasteiger partial charge in [-0.1, -0.05) is 60.7 Å². The fourth-order valence-corrected chi connectivity index (χ4v) is 5.88. The fraction of sp³-hybridized carbons (Fsp3) is 0.192. The highest BCUT2D eigenvalue weighted by Crippen LogP contribution is 2.61. The Labute approximate surface area is 179 Å². The molecule has 31 heavy (non-hydrogen) atoms. The van der Waals surface area contributed by atoms with Gasteiger partial charge in [-0.25, -0.2) is 4.90 Å². The summed E-state index contributed by atoms with van der Waals surface area (Å²) in [4.78, 5) is 40.6. The lowest BCUT2D eigenvalue weighted by Gasteiger charge is -2.45. The molecule has 0 aromatic heterocycles. The van der Waals surface area contributed by atoms with Gasteiger partial charge in [0, 0.05) is 18.8 Å². The van der Waals surface area contributed by atoms with E-state index in [2.05, 4.69) is 29.6 Å². The first kappa shape index (κ1) is 18.1. The maximum Gasteiger partial charge on any atom is 0.238 e. The second kappa shape index (κ2) is 6.38. The van der Waals surface area contributed by atoms with E-state index in [1.165, 1.54) is 11.8 Å². The minimum absolute atomic E-state index is 0.142. The molecule has 0 saturated carbocycles. The Kier molecular flexibility index (Phi) is 3.72. The molecule has 5 nitrogen and oxygen atoms in total. The highest BCUT2D eigenvalue weighted by Gasteiger charge is 2.61. The summed E-state index contributed by atoms with van der Waals surface area (Å²) in [7, 11) is 0. The van der Waals surface area contributed by atoms with E-state index in [9.17, 15) is 14.4 Å². The first-order valence-electron chi connectivity index (χ1n) is 10.5. The largest absolute Gasteiger partial charge is 0.325 e. The van der Waals surface area contributed by atoms with Crippen molar-refractivity contribution in [1.29, 1.82) is 0 Å². The van der Waals surface area contributed by atoms with Gasteiger partial charge in [0.25, 0.3) is 0 Å². The molecule has 0 spiro atoms. The Morgan fingerprint density at radius 3 is 1.58 bits per heavy atom. The number of amides is 3. The van der Waals surface area contributed by atoms with Gasteiger partial charge < -0.3 is 5.32 Å². The molecule has 4 aliphatic rings. The molecule has 1 N–H and O–H groups in total. The SMILES string of the molecule is CC(=O)Nc1ccccc1N1C(=O)C2C3c4ccccc4C(c4ccccc43)C2C1=O. The molecular formula is C26H20N2O3. The summed E-state index contributed by atoms with van der Waals surface area (Å²) in [5.74, 6) is -1.78. The molecule has 1 saturated heterocycles. The first-order valence-corrected chi connectivity index (χ1v) is 10.5. The number of hydrogen-bond acceptors (Lipinski definition) is 3. The molecule has 1 fully saturated rings. The third-order valence-corrected chi connectivity index (χ3v) is 6.90. The molecule has 2 bridgehead atoms. The fourth-order valence-electron chi connectivity index (χ4n) is 5.88. The summed E-state index contributed by atoms with van der Waals surface area (Å²) >= 11 is 0. The zero-order valence-electron chi connectivity index (χ0n) is 16.9. The molecule has 3 aromatic rings. The minimum atomic E-state index is -0.437. The van der Waals surface area contributed by atoms with Crippen LogP contribution in [0.15, 0.2) is 72.8 Å². The van der Waals surface area contributed by atoms with E-state index < -0.39 is 11.8 Å². The number of para-hydroxylation sites is 2. The van der Waals surface area contributed by atoms with Crippen LogP contribution in [0.4, 0.5) is 11.4 Å². The standard InChI is InChI=1S/C26H20N2O3/c1-14(29)27-19-12-6-7-13-20(19)28-25(30)23-21-15-8-2-3-9-16(15)22(24(23)26(28)31)18-11-5-4-10-17(18)21/h2-13,21-24H,1H3,(H,27,29). The lowest BCUT2D eigenvalue weighted by molar-refractivity contribution is -0.122. The molecule has 7 rings (SSSR count). The molecule has 3 amide bonds. The van der Waals surface area contributed by atoms with Gasteiger partial charge in [0.15, 0.2) is 0 Å². The number of imide groups is 1. The number of carbonyl (C=O) groups is 3. The summed E-state index contributed by atoms with van der Waals surface area (Å²) in [6.07, 6.45) is 0. The predicted molar refractivity (Wildman–Crippen MR) is 117 cm³/mol. The van der Waals surface area contributed by atoms with E-state index in [0.29, 0.717) is 11.4 Å². The highest BCUT2D eigenvalue weighted by atomic mass is 16.2. The molecule has 3 aliphatic carbocycles. The number of nitrogens with one attached hydrogen (secondary N) is 1. The Bertz CT molecular complexity index is 1170. The van der Waals surface area contributed by atoms with E-state index in [4.69, 9.17) is 0 Å². The maximum atomic E-state index is 13.8. The summed E-state index contributed by atoms with van der Waals surface area (Å²) in [6.45, 7) is 1.41. The van der Waals surface area contributed by atoms with Crippen LogP contribution >= 0.6 is 0 Å². The molecule has 2 atom stereocenters. The van der Waals surface area contributed by atoms with Gasteiger partial charge in [0.05, 0.1) is 23.2 Å². The van der Waals surface area contributed by atoms with Gasteiger partial charge in [0.2, 0.25) is 17.7 Å². The lowest BCUT2D eigenvalue weighted by atomic mass is 9.55. The molecule has 152 valence electrons. The average molecular weight is 408 g/mol. The maximum absolute atomic E-state index is 13.8. The quantitative estimate of drug-likeness (QED) is 0.651. The van der Waals surface area contributed by atoms with E-state index in [1.807, 2.05) is 24.3 Å². The van der Waals surface area contributed by atoms with Crippen molar-refractivity contribution in [3.05, 3.63) is 95.1 Å². The topological polar surface area (TPSA) is 66.5 Å². The van der Waals surface area contributed by atoms with Crippen molar-refractivity contribution >= 4 is 29.1 Å². The lowest BCUT2D eigenvalue weighted by Crippen LogP contribution is -2.41. The average Bonchev–Trinajstić information content (AvgIpc) is 3.04. The highest BCUT2D eigenvalue weighted by molar-refractivity contribution is 6.25. The number of hydrogen-bond donors (Lipinski definition) is 1. The molecular weight excluding hydrogens is 388 g/mol. The molecule has 3 aromatic carbocycles. The molecule has 5 heteroatoms. The first-order chi connectivity index (χ1) is 15.1. The smallest absolute Gasteiger partial charge is 0.238 e. The number of nitrogens with zero attached hydrogens (tertiary/aromatic N) is 1. The summed E-state index contributed by atoms with van der Waals surface area (Å²) < 4.78 is 0. The Morgan fingerprint density at radius 1 is 0.710 bits per heavy atom. The van der Waals surface area contributed by atoms with Crippen molar-refractivity contribution in [3.8, 4) is 0 Å². The minimum Gasteiger partial charge on any atom is -0.325 e.